The van der Waals surface area contributed by atoms with Crippen molar-refractivity contribution in [2.24, 2.45) is 4.99 Å². The molecule has 2 aromatic heterocycles. The van der Waals surface area contributed by atoms with E-state index < -0.39 is 0 Å². The third-order valence-electron chi connectivity index (χ3n) is 3.17. The maximum Gasteiger partial charge on any atom is 0.191 e. The van der Waals surface area contributed by atoms with Crippen LogP contribution in [0.25, 0.3) is 0 Å². The number of aromatic nitrogens is 3. The van der Waals surface area contributed by atoms with Gasteiger partial charge in [-0.3, -0.25) is 4.99 Å². The highest BCUT2D eigenvalue weighted by atomic mass is 32.1. The molecule has 0 spiro atoms. The van der Waals surface area contributed by atoms with Crippen LogP contribution >= 0.6 is 11.3 Å². The predicted molar refractivity (Wildman–Crippen MR) is 86.4 cm³/mol. The molecule has 0 saturated carbocycles. The molecule has 0 fully saturated rings. The van der Waals surface area contributed by atoms with Crippen molar-refractivity contribution in [3.63, 3.8) is 0 Å². The van der Waals surface area contributed by atoms with E-state index in [9.17, 15) is 0 Å². The van der Waals surface area contributed by atoms with Crippen LogP contribution in [-0.2, 0) is 26.1 Å². The molecule has 0 aliphatic heterocycles. The third kappa shape index (κ3) is 4.29. The van der Waals surface area contributed by atoms with Crippen LogP contribution in [-0.4, -0.2) is 27.8 Å². The zero-order valence-corrected chi connectivity index (χ0v) is 13.6. The fourth-order valence-electron chi connectivity index (χ4n) is 1.94. The number of thiophene rings is 1. The first-order valence-corrected chi connectivity index (χ1v) is 7.97. The smallest absolute Gasteiger partial charge is 0.191 e. The molecule has 0 saturated heterocycles. The second-order valence-electron chi connectivity index (χ2n) is 4.53. The van der Waals surface area contributed by atoms with E-state index in [4.69, 9.17) is 0 Å². The lowest BCUT2D eigenvalue weighted by Crippen LogP contribution is -2.36. The molecule has 21 heavy (non-hydrogen) atoms. The largest absolute Gasteiger partial charge is 0.352 e. The maximum absolute atomic E-state index is 4.23. The summed E-state index contributed by atoms with van der Waals surface area (Å²) in [6.07, 6.45) is 2.83. The van der Waals surface area contributed by atoms with Gasteiger partial charge in [0, 0.05) is 23.3 Å². The average molecular weight is 306 g/mol. The summed E-state index contributed by atoms with van der Waals surface area (Å²) in [5.74, 6) is 1.68. The molecule has 6 nitrogen and oxygen atoms in total. The van der Waals surface area contributed by atoms with Gasteiger partial charge in [-0.25, -0.2) is 0 Å². The van der Waals surface area contributed by atoms with Gasteiger partial charge < -0.3 is 15.2 Å². The fraction of sp³-hybridized carbons (Fsp3) is 0.500. The van der Waals surface area contributed by atoms with Crippen molar-refractivity contribution in [1.29, 1.82) is 0 Å². The number of hydrogen-bond acceptors (Lipinski definition) is 4. The minimum Gasteiger partial charge on any atom is -0.352 e. The highest BCUT2D eigenvalue weighted by Crippen LogP contribution is 2.16. The van der Waals surface area contributed by atoms with Crippen LogP contribution in [0.2, 0.25) is 0 Å². The maximum atomic E-state index is 4.23. The van der Waals surface area contributed by atoms with Crippen molar-refractivity contribution < 1.29 is 0 Å². The molecule has 0 radical (unpaired) electrons. The lowest BCUT2D eigenvalue weighted by Gasteiger charge is -2.11. The van der Waals surface area contributed by atoms with Crippen molar-refractivity contribution in [2.45, 2.75) is 39.9 Å². The van der Waals surface area contributed by atoms with Gasteiger partial charge in [0.2, 0.25) is 0 Å². The van der Waals surface area contributed by atoms with Gasteiger partial charge in [0.1, 0.15) is 6.33 Å². The molecule has 7 heteroatoms. The van der Waals surface area contributed by atoms with Gasteiger partial charge in [0.25, 0.3) is 0 Å². The number of guanidine groups is 1. The Labute approximate surface area is 129 Å². The van der Waals surface area contributed by atoms with E-state index in [1.54, 1.807) is 13.4 Å². The van der Waals surface area contributed by atoms with Crippen molar-refractivity contribution >= 4 is 17.3 Å². The van der Waals surface area contributed by atoms with Gasteiger partial charge >= 0.3 is 0 Å². The Hall–Kier alpha value is -1.89. The Morgan fingerprint density at radius 2 is 2.00 bits per heavy atom. The summed E-state index contributed by atoms with van der Waals surface area (Å²) < 4.78 is 2.01. The van der Waals surface area contributed by atoms with Gasteiger partial charge in [0.05, 0.1) is 13.1 Å². The van der Waals surface area contributed by atoms with Crippen LogP contribution in [0, 0.1) is 0 Å². The van der Waals surface area contributed by atoms with E-state index in [0.717, 1.165) is 31.3 Å². The van der Waals surface area contributed by atoms with Crippen LogP contribution in [0.4, 0.5) is 0 Å². The first-order valence-electron chi connectivity index (χ1n) is 7.15. The Morgan fingerprint density at radius 3 is 2.67 bits per heavy atom. The van der Waals surface area contributed by atoms with Crippen molar-refractivity contribution in [3.05, 3.63) is 34.0 Å². The molecule has 2 rings (SSSR count). The number of nitrogens with zero attached hydrogens (tertiary/aromatic N) is 4. The molecule has 0 bridgehead atoms. The molecule has 0 atom stereocenters. The van der Waals surface area contributed by atoms with Gasteiger partial charge in [-0.1, -0.05) is 6.92 Å². The molecule has 0 aromatic carbocycles. The number of rotatable bonds is 6. The van der Waals surface area contributed by atoms with Crippen LogP contribution in [0.1, 0.15) is 29.4 Å². The first-order chi connectivity index (χ1) is 10.3. The lowest BCUT2D eigenvalue weighted by molar-refractivity contribution is 0.670. The van der Waals surface area contributed by atoms with Crippen LogP contribution in [0.5, 0.6) is 0 Å². The summed E-state index contributed by atoms with van der Waals surface area (Å²) in [5, 5.41) is 14.6. The van der Waals surface area contributed by atoms with Crippen molar-refractivity contribution in [3.8, 4) is 0 Å². The number of aliphatic imine (C=N–C) groups is 1. The van der Waals surface area contributed by atoms with E-state index in [-0.39, 0.29) is 0 Å². The topological polar surface area (TPSA) is 67.1 Å². The highest BCUT2D eigenvalue weighted by Gasteiger charge is 2.05. The number of hydrogen-bond donors (Lipinski definition) is 2. The Morgan fingerprint density at radius 1 is 1.24 bits per heavy atom. The molecule has 2 N–H and O–H groups in total. The highest BCUT2D eigenvalue weighted by molar-refractivity contribution is 7.11. The van der Waals surface area contributed by atoms with E-state index in [1.807, 2.05) is 15.9 Å². The summed E-state index contributed by atoms with van der Waals surface area (Å²) in [6, 6.07) is 4.35. The second kappa shape index (κ2) is 7.78. The summed E-state index contributed by atoms with van der Waals surface area (Å²) in [4.78, 5) is 6.95. The molecule has 2 aromatic rings. The van der Waals surface area contributed by atoms with E-state index in [0.29, 0.717) is 6.54 Å². The molecule has 0 unspecified atom stereocenters. The van der Waals surface area contributed by atoms with E-state index >= 15 is 0 Å². The SMILES string of the molecule is CCc1ccc(CNC(=NC)NCc2nncn2CC)s1. The first kappa shape index (κ1) is 15.5. The second-order valence-corrected chi connectivity index (χ2v) is 5.79. The number of aryl methyl sites for hydroxylation is 2. The van der Waals surface area contributed by atoms with Crippen LogP contribution < -0.4 is 10.6 Å². The molecule has 0 amide bonds. The molecule has 2 heterocycles. The predicted octanol–water partition coefficient (Wildman–Crippen LogP) is 1.79. The minimum atomic E-state index is 0.609. The molecular formula is C14H22N6S. The monoisotopic (exact) mass is 306 g/mol. The third-order valence-corrected chi connectivity index (χ3v) is 4.40. The lowest BCUT2D eigenvalue weighted by atomic mass is 10.4. The van der Waals surface area contributed by atoms with Gasteiger partial charge in [-0.05, 0) is 25.5 Å². The normalized spacial score (nSPS) is 11.7. The summed E-state index contributed by atoms with van der Waals surface area (Å²) in [7, 11) is 1.77. The molecule has 0 aliphatic rings. The van der Waals surface area contributed by atoms with Crippen LogP contribution in [0.15, 0.2) is 23.5 Å². The summed E-state index contributed by atoms with van der Waals surface area (Å²) in [6.45, 7) is 6.50. The zero-order chi connectivity index (χ0) is 15.1. The van der Waals surface area contributed by atoms with E-state index in [1.165, 1.54) is 9.75 Å². The Balaban J connectivity index is 1.83. The quantitative estimate of drug-likeness (QED) is 0.631. The summed E-state index contributed by atoms with van der Waals surface area (Å²) >= 11 is 1.84. The minimum absolute atomic E-state index is 0.609. The molecular weight excluding hydrogens is 284 g/mol. The van der Waals surface area contributed by atoms with Crippen molar-refractivity contribution in [2.75, 3.05) is 7.05 Å². The molecule has 114 valence electrons. The molecule has 0 aliphatic carbocycles. The van der Waals surface area contributed by atoms with Gasteiger partial charge in [-0.15, -0.1) is 21.5 Å². The Kier molecular flexibility index (Phi) is 5.74. The van der Waals surface area contributed by atoms with Crippen molar-refractivity contribution in [1.82, 2.24) is 25.4 Å². The fourth-order valence-corrected chi connectivity index (χ4v) is 2.84. The van der Waals surface area contributed by atoms with E-state index in [2.05, 4.69) is 51.8 Å². The average Bonchev–Trinajstić information content (AvgIpc) is 3.15. The summed E-state index contributed by atoms with van der Waals surface area (Å²) in [5.41, 5.74) is 0. The zero-order valence-electron chi connectivity index (χ0n) is 12.8. The number of nitrogens with one attached hydrogen (secondary N) is 2. The van der Waals surface area contributed by atoms with Gasteiger partial charge in [-0.2, -0.15) is 0 Å². The van der Waals surface area contributed by atoms with Crippen LogP contribution in [0.3, 0.4) is 0 Å². The van der Waals surface area contributed by atoms with Gasteiger partial charge in [0.15, 0.2) is 11.8 Å². The Bertz CT molecular complexity index is 586. The standard InChI is InChI=1S/C14H22N6S/c1-4-11-6-7-12(21-11)8-16-14(15-3)17-9-13-19-18-10-20(13)5-2/h6-7,10H,4-5,8-9H2,1-3H3,(H2,15,16,17).